The number of hydrogen-bond acceptors (Lipinski definition) is 3. The number of nitrogens with one attached hydrogen (secondary N) is 1. The van der Waals surface area contributed by atoms with Crippen molar-refractivity contribution >= 4 is 5.91 Å². The lowest BCUT2D eigenvalue weighted by Gasteiger charge is -2.18. The maximum Gasteiger partial charge on any atom is 0.253 e. The number of aromatic nitrogens is 1. The van der Waals surface area contributed by atoms with Crippen molar-refractivity contribution in [3.8, 4) is 5.75 Å². The van der Waals surface area contributed by atoms with E-state index in [9.17, 15) is 4.79 Å². The largest absolute Gasteiger partial charge is 0.493 e. The average molecular weight is 268 g/mol. The van der Waals surface area contributed by atoms with Crippen molar-refractivity contribution in [1.82, 2.24) is 10.3 Å². The molecule has 0 aliphatic carbocycles. The van der Waals surface area contributed by atoms with E-state index in [4.69, 9.17) is 4.74 Å². The quantitative estimate of drug-likeness (QED) is 0.911. The Balaban J connectivity index is 1.82. The van der Waals surface area contributed by atoms with E-state index in [-0.39, 0.29) is 11.9 Å². The summed E-state index contributed by atoms with van der Waals surface area (Å²) in [4.78, 5) is 16.2. The predicted octanol–water partition coefficient (Wildman–Crippen LogP) is 2.73. The topological polar surface area (TPSA) is 51.2 Å². The predicted molar refractivity (Wildman–Crippen MR) is 75.6 cm³/mol. The molecule has 0 spiro atoms. The molecule has 20 heavy (non-hydrogen) atoms. The van der Waals surface area contributed by atoms with Gasteiger partial charge >= 0.3 is 0 Å². The number of carbonyl (C=O) groups is 1. The van der Waals surface area contributed by atoms with Crippen molar-refractivity contribution in [2.45, 2.75) is 18.9 Å². The van der Waals surface area contributed by atoms with Gasteiger partial charge in [-0.2, -0.15) is 0 Å². The highest BCUT2D eigenvalue weighted by molar-refractivity contribution is 5.94. The lowest BCUT2D eigenvalue weighted by Crippen LogP contribution is -2.28. The minimum atomic E-state index is -0.0974. The molecular formula is C16H16N2O2. The molecule has 4 heteroatoms. The number of carbonyl (C=O) groups excluding carboxylic acids is 1. The molecule has 1 aliphatic rings. The van der Waals surface area contributed by atoms with Crippen molar-refractivity contribution in [1.29, 1.82) is 0 Å². The van der Waals surface area contributed by atoms with E-state index < -0.39 is 0 Å². The zero-order chi connectivity index (χ0) is 13.8. The van der Waals surface area contributed by atoms with Crippen LogP contribution >= 0.6 is 0 Å². The highest BCUT2D eigenvalue weighted by Crippen LogP contribution is 2.31. The summed E-state index contributed by atoms with van der Waals surface area (Å²) in [5.74, 6) is 0.765. The molecule has 0 saturated carbocycles. The molecule has 1 N–H and O–H groups in total. The molecule has 0 fully saturated rings. The number of ether oxygens (including phenoxy) is 1. The highest BCUT2D eigenvalue weighted by atomic mass is 16.5. The normalized spacial score (nSPS) is 17.5. The van der Waals surface area contributed by atoms with Crippen LogP contribution in [0, 0.1) is 0 Å². The SMILES string of the molecule is O=C(NC1CCCOc2ccccc21)c1cccnc1. The number of fused-ring (bicyclic) bond motifs is 1. The van der Waals surface area contributed by atoms with Gasteiger partial charge in [0.15, 0.2) is 0 Å². The van der Waals surface area contributed by atoms with Crippen LogP contribution in [0.25, 0.3) is 0 Å². The van der Waals surface area contributed by atoms with Crippen LogP contribution in [0.4, 0.5) is 0 Å². The average Bonchev–Trinajstić information content (AvgIpc) is 2.71. The lowest BCUT2D eigenvalue weighted by molar-refractivity contribution is 0.0934. The van der Waals surface area contributed by atoms with Gasteiger partial charge in [-0.1, -0.05) is 18.2 Å². The first kappa shape index (κ1) is 12.7. The molecule has 3 rings (SSSR count). The van der Waals surface area contributed by atoms with Crippen molar-refractivity contribution in [2.24, 2.45) is 0 Å². The van der Waals surface area contributed by atoms with Crippen molar-refractivity contribution < 1.29 is 9.53 Å². The first-order valence-electron chi connectivity index (χ1n) is 6.77. The molecule has 1 amide bonds. The summed E-state index contributed by atoms with van der Waals surface area (Å²) in [7, 11) is 0. The molecule has 1 atom stereocenters. The molecule has 0 radical (unpaired) electrons. The Hall–Kier alpha value is -2.36. The number of amides is 1. The van der Waals surface area contributed by atoms with Crippen LogP contribution in [-0.2, 0) is 0 Å². The molecule has 0 saturated heterocycles. The fourth-order valence-electron chi connectivity index (χ4n) is 2.41. The Labute approximate surface area is 117 Å². The van der Waals surface area contributed by atoms with E-state index >= 15 is 0 Å². The van der Waals surface area contributed by atoms with E-state index in [1.54, 1.807) is 24.5 Å². The van der Waals surface area contributed by atoms with Gasteiger partial charge in [0.1, 0.15) is 5.75 Å². The van der Waals surface area contributed by atoms with Crippen LogP contribution in [-0.4, -0.2) is 17.5 Å². The molecule has 0 bridgehead atoms. The second-order valence-corrected chi connectivity index (χ2v) is 4.80. The third kappa shape index (κ3) is 2.64. The Morgan fingerprint density at radius 2 is 2.15 bits per heavy atom. The van der Waals surface area contributed by atoms with Crippen LogP contribution in [0.5, 0.6) is 5.75 Å². The summed E-state index contributed by atoms with van der Waals surface area (Å²) in [5.41, 5.74) is 1.62. The molecule has 2 aromatic rings. The molecular weight excluding hydrogens is 252 g/mol. The minimum absolute atomic E-state index is 0.0126. The first-order chi connectivity index (χ1) is 9.84. The van der Waals surface area contributed by atoms with E-state index in [2.05, 4.69) is 10.3 Å². The fourth-order valence-corrected chi connectivity index (χ4v) is 2.41. The van der Waals surface area contributed by atoms with Crippen LogP contribution < -0.4 is 10.1 Å². The number of para-hydroxylation sites is 1. The summed E-state index contributed by atoms with van der Waals surface area (Å²) < 4.78 is 5.70. The summed E-state index contributed by atoms with van der Waals surface area (Å²) >= 11 is 0. The van der Waals surface area contributed by atoms with Gasteiger partial charge in [0.25, 0.3) is 5.91 Å². The van der Waals surface area contributed by atoms with Gasteiger partial charge in [-0.15, -0.1) is 0 Å². The minimum Gasteiger partial charge on any atom is -0.493 e. The molecule has 4 nitrogen and oxygen atoms in total. The second kappa shape index (κ2) is 5.74. The number of hydrogen-bond donors (Lipinski definition) is 1. The standard InChI is InChI=1S/C16H16N2O2/c19-16(12-5-3-9-17-11-12)18-14-7-4-10-20-15-8-2-1-6-13(14)15/h1-3,5-6,8-9,11,14H,4,7,10H2,(H,18,19). The zero-order valence-corrected chi connectivity index (χ0v) is 11.1. The van der Waals surface area contributed by atoms with E-state index in [0.717, 1.165) is 24.2 Å². The molecule has 1 aromatic carbocycles. The van der Waals surface area contributed by atoms with E-state index in [1.807, 2.05) is 24.3 Å². The van der Waals surface area contributed by atoms with E-state index in [1.165, 1.54) is 0 Å². The Kier molecular flexibility index (Phi) is 3.63. The van der Waals surface area contributed by atoms with Gasteiger partial charge in [0, 0.05) is 18.0 Å². The Morgan fingerprint density at radius 1 is 1.25 bits per heavy atom. The lowest BCUT2D eigenvalue weighted by atomic mass is 10.0. The summed E-state index contributed by atoms with van der Waals surface area (Å²) in [6.45, 7) is 0.691. The van der Waals surface area contributed by atoms with Crippen LogP contribution in [0.15, 0.2) is 48.8 Å². The molecule has 2 heterocycles. The van der Waals surface area contributed by atoms with Crippen LogP contribution in [0.3, 0.4) is 0 Å². The van der Waals surface area contributed by atoms with Gasteiger partial charge in [-0.3, -0.25) is 9.78 Å². The number of benzene rings is 1. The van der Waals surface area contributed by atoms with Crippen molar-refractivity contribution in [3.63, 3.8) is 0 Å². The maximum absolute atomic E-state index is 12.2. The zero-order valence-electron chi connectivity index (χ0n) is 11.1. The summed E-state index contributed by atoms with van der Waals surface area (Å²) in [5, 5.41) is 3.07. The first-order valence-corrected chi connectivity index (χ1v) is 6.77. The Morgan fingerprint density at radius 3 is 3.00 bits per heavy atom. The van der Waals surface area contributed by atoms with Crippen molar-refractivity contribution in [2.75, 3.05) is 6.61 Å². The van der Waals surface area contributed by atoms with Gasteiger partial charge in [0.2, 0.25) is 0 Å². The third-order valence-corrected chi connectivity index (χ3v) is 3.42. The Bertz CT molecular complexity index is 598. The second-order valence-electron chi connectivity index (χ2n) is 4.80. The van der Waals surface area contributed by atoms with Crippen molar-refractivity contribution in [3.05, 3.63) is 59.9 Å². The smallest absolute Gasteiger partial charge is 0.253 e. The van der Waals surface area contributed by atoms with Gasteiger partial charge in [0.05, 0.1) is 18.2 Å². The monoisotopic (exact) mass is 268 g/mol. The summed E-state index contributed by atoms with van der Waals surface area (Å²) in [6.07, 6.45) is 5.04. The van der Waals surface area contributed by atoms with Crippen LogP contribution in [0.1, 0.15) is 34.8 Å². The third-order valence-electron chi connectivity index (χ3n) is 3.42. The summed E-state index contributed by atoms with van der Waals surface area (Å²) in [6, 6.07) is 11.4. The number of nitrogens with zero attached hydrogens (tertiary/aromatic N) is 1. The van der Waals surface area contributed by atoms with Gasteiger partial charge in [-0.25, -0.2) is 0 Å². The van der Waals surface area contributed by atoms with Gasteiger partial charge < -0.3 is 10.1 Å². The molecule has 1 aromatic heterocycles. The number of rotatable bonds is 2. The highest BCUT2D eigenvalue weighted by Gasteiger charge is 2.21. The van der Waals surface area contributed by atoms with Gasteiger partial charge in [-0.05, 0) is 31.0 Å². The molecule has 1 aliphatic heterocycles. The molecule has 1 unspecified atom stereocenters. The maximum atomic E-state index is 12.2. The number of pyridine rings is 1. The fraction of sp³-hybridized carbons (Fsp3) is 0.250. The van der Waals surface area contributed by atoms with E-state index in [0.29, 0.717) is 12.2 Å². The van der Waals surface area contributed by atoms with Crippen LogP contribution in [0.2, 0.25) is 0 Å². The molecule has 102 valence electrons.